The number of pyridine rings is 1. The van der Waals surface area contributed by atoms with Crippen LogP contribution in [0.5, 0.6) is 0 Å². The molecule has 124 valence electrons. The van der Waals surface area contributed by atoms with Crippen molar-refractivity contribution < 1.29 is 4.79 Å². The van der Waals surface area contributed by atoms with Crippen LogP contribution in [0.2, 0.25) is 5.15 Å². The molecule has 2 aromatic rings. The van der Waals surface area contributed by atoms with Crippen LogP contribution in [-0.2, 0) is 10.2 Å². The Hall–Kier alpha value is -2.21. The molecule has 1 aliphatic carbocycles. The molecule has 1 aliphatic heterocycles. The summed E-state index contributed by atoms with van der Waals surface area (Å²) in [7, 11) is 0. The quantitative estimate of drug-likeness (QED) is 0.868. The maximum atomic E-state index is 12.9. The Morgan fingerprint density at radius 3 is 2.79 bits per heavy atom. The summed E-state index contributed by atoms with van der Waals surface area (Å²) < 4.78 is 0. The summed E-state index contributed by atoms with van der Waals surface area (Å²) in [4.78, 5) is 27.5. The molecule has 0 atom stereocenters. The average Bonchev–Trinajstić information content (AvgIpc) is 2.71. The second-order valence-electron chi connectivity index (χ2n) is 6.84. The molecule has 0 spiro atoms. The molecule has 1 N–H and O–H groups in total. The van der Waals surface area contributed by atoms with E-state index in [0.717, 1.165) is 24.2 Å². The summed E-state index contributed by atoms with van der Waals surface area (Å²) in [6.07, 6.45) is 5.05. The van der Waals surface area contributed by atoms with Crippen molar-refractivity contribution in [2.45, 2.75) is 44.2 Å². The van der Waals surface area contributed by atoms with E-state index in [-0.39, 0.29) is 18.0 Å². The zero-order valence-electron chi connectivity index (χ0n) is 13.5. The number of carbonyl (C=O) groups is 1. The van der Waals surface area contributed by atoms with Gasteiger partial charge in [-0.3, -0.25) is 9.69 Å². The normalized spacial score (nSPS) is 24.5. The number of hydrogen-bond acceptors (Lipinski definition) is 5. The number of nitrogens with one attached hydrogen (secondary N) is 1. The van der Waals surface area contributed by atoms with E-state index in [9.17, 15) is 4.79 Å². The lowest BCUT2D eigenvalue weighted by Gasteiger charge is -2.41. The van der Waals surface area contributed by atoms with Crippen LogP contribution in [0.4, 0.5) is 11.8 Å². The molecular weight excluding hydrogens is 326 g/mol. The van der Waals surface area contributed by atoms with Gasteiger partial charge in [-0.25, -0.2) is 15.0 Å². The third kappa shape index (κ3) is 2.33. The Morgan fingerprint density at radius 2 is 2.04 bits per heavy atom. The maximum Gasteiger partial charge on any atom is 0.238 e. The van der Waals surface area contributed by atoms with Crippen molar-refractivity contribution in [1.29, 1.82) is 0 Å². The second-order valence-corrected chi connectivity index (χ2v) is 7.23. The van der Waals surface area contributed by atoms with Gasteiger partial charge < -0.3 is 5.32 Å². The molecule has 6 nitrogen and oxygen atoms in total. The van der Waals surface area contributed by atoms with Gasteiger partial charge in [0.1, 0.15) is 11.0 Å². The lowest BCUT2D eigenvalue weighted by atomic mass is 9.84. The van der Waals surface area contributed by atoms with Gasteiger partial charge >= 0.3 is 0 Å². The van der Waals surface area contributed by atoms with Crippen LogP contribution >= 0.6 is 11.6 Å². The fourth-order valence-electron chi connectivity index (χ4n) is 3.43. The molecule has 0 aromatic carbocycles. The molecule has 3 heterocycles. The largest absolute Gasteiger partial charge is 0.351 e. The van der Waals surface area contributed by atoms with Gasteiger partial charge in [-0.1, -0.05) is 17.7 Å². The number of rotatable bonds is 3. The minimum Gasteiger partial charge on any atom is -0.351 e. The highest BCUT2D eigenvalue weighted by molar-refractivity contribution is 6.29. The number of anilines is 2. The van der Waals surface area contributed by atoms with Crippen LogP contribution < -0.4 is 10.2 Å². The van der Waals surface area contributed by atoms with Crippen molar-refractivity contribution in [3.05, 3.63) is 41.3 Å². The summed E-state index contributed by atoms with van der Waals surface area (Å²) in [6.45, 7) is 3.92. The first-order valence-electron chi connectivity index (χ1n) is 8.01. The molecule has 1 amide bonds. The van der Waals surface area contributed by atoms with Gasteiger partial charge in [0.25, 0.3) is 0 Å². The lowest BCUT2D eigenvalue weighted by Crippen LogP contribution is -2.53. The Bertz CT molecular complexity index is 803. The van der Waals surface area contributed by atoms with Crippen molar-refractivity contribution in [3.8, 4) is 0 Å². The van der Waals surface area contributed by atoms with Gasteiger partial charge in [0.15, 0.2) is 0 Å². The van der Waals surface area contributed by atoms with Gasteiger partial charge in [0.05, 0.1) is 5.41 Å². The monoisotopic (exact) mass is 343 g/mol. The molecule has 0 unspecified atom stereocenters. The van der Waals surface area contributed by atoms with E-state index in [2.05, 4.69) is 20.3 Å². The highest BCUT2D eigenvalue weighted by atomic mass is 35.5. The SMILES string of the molecule is CC1(C)C(=O)N([C@H]2C[C@H](Nc3nccc(Cl)n3)C2)c2ncccc21. The second kappa shape index (κ2) is 5.41. The van der Waals surface area contributed by atoms with E-state index >= 15 is 0 Å². The van der Waals surface area contributed by atoms with Crippen LogP contribution in [0.15, 0.2) is 30.6 Å². The first kappa shape index (κ1) is 15.3. The molecule has 4 rings (SSSR count). The van der Waals surface area contributed by atoms with Crippen LogP contribution in [-0.4, -0.2) is 32.9 Å². The lowest BCUT2D eigenvalue weighted by molar-refractivity contribution is -0.122. The van der Waals surface area contributed by atoms with Crippen molar-refractivity contribution in [1.82, 2.24) is 15.0 Å². The molecule has 24 heavy (non-hydrogen) atoms. The Morgan fingerprint density at radius 1 is 1.25 bits per heavy atom. The number of hydrogen-bond donors (Lipinski definition) is 1. The zero-order valence-corrected chi connectivity index (χ0v) is 14.3. The van der Waals surface area contributed by atoms with Crippen LogP contribution in [0.1, 0.15) is 32.3 Å². The van der Waals surface area contributed by atoms with Crippen molar-refractivity contribution >= 4 is 29.3 Å². The first-order chi connectivity index (χ1) is 11.5. The molecule has 1 fully saturated rings. The number of aromatic nitrogens is 3. The van der Waals surface area contributed by atoms with E-state index < -0.39 is 5.41 Å². The van der Waals surface area contributed by atoms with Gasteiger partial charge in [-0.05, 0) is 38.8 Å². The molecule has 0 saturated heterocycles. The molecule has 7 heteroatoms. The number of amides is 1. The Balaban J connectivity index is 1.48. The predicted molar refractivity (Wildman–Crippen MR) is 92.2 cm³/mol. The Kier molecular flexibility index (Phi) is 3.46. The molecule has 2 aromatic heterocycles. The first-order valence-corrected chi connectivity index (χ1v) is 8.39. The third-order valence-electron chi connectivity index (χ3n) is 4.87. The minimum atomic E-state index is -0.516. The van der Waals surface area contributed by atoms with E-state index in [1.54, 1.807) is 18.5 Å². The molecule has 0 bridgehead atoms. The van der Waals surface area contributed by atoms with Crippen molar-refractivity contribution in [2.75, 3.05) is 10.2 Å². The van der Waals surface area contributed by atoms with Gasteiger partial charge in [0.2, 0.25) is 11.9 Å². The standard InChI is InChI=1S/C17H18ClN5O/c1-17(2)12-4-3-6-19-14(12)23(15(17)24)11-8-10(9-11)21-16-20-7-5-13(18)22-16/h3-7,10-11H,8-9H2,1-2H3,(H,20,21,22)/t10-,11-. The number of nitrogens with zero attached hydrogens (tertiary/aromatic N) is 4. The molecule has 2 aliphatic rings. The fourth-order valence-corrected chi connectivity index (χ4v) is 3.57. The van der Waals surface area contributed by atoms with Gasteiger partial charge in [-0.2, -0.15) is 0 Å². The summed E-state index contributed by atoms with van der Waals surface area (Å²) >= 11 is 5.88. The average molecular weight is 344 g/mol. The molecule has 1 saturated carbocycles. The smallest absolute Gasteiger partial charge is 0.238 e. The summed E-state index contributed by atoms with van der Waals surface area (Å²) in [5.74, 6) is 1.45. The summed E-state index contributed by atoms with van der Waals surface area (Å²) in [5.41, 5.74) is 0.489. The molecular formula is C17H18ClN5O. The third-order valence-corrected chi connectivity index (χ3v) is 5.09. The topological polar surface area (TPSA) is 71.0 Å². The van der Waals surface area contributed by atoms with Gasteiger partial charge in [-0.15, -0.1) is 0 Å². The van der Waals surface area contributed by atoms with Crippen molar-refractivity contribution in [2.24, 2.45) is 0 Å². The number of halogens is 1. The fraction of sp³-hybridized carbons (Fsp3) is 0.412. The van der Waals surface area contributed by atoms with E-state index in [4.69, 9.17) is 11.6 Å². The highest BCUT2D eigenvalue weighted by Crippen LogP contribution is 2.44. The van der Waals surface area contributed by atoms with E-state index in [1.807, 2.05) is 30.9 Å². The van der Waals surface area contributed by atoms with Crippen LogP contribution in [0, 0.1) is 0 Å². The van der Waals surface area contributed by atoms with Gasteiger partial charge in [0, 0.05) is 30.0 Å². The maximum absolute atomic E-state index is 12.9. The highest BCUT2D eigenvalue weighted by Gasteiger charge is 2.50. The number of carbonyl (C=O) groups excluding carboxylic acids is 1. The summed E-state index contributed by atoms with van der Waals surface area (Å²) in [5, 5.41) is 3.68. The van der Waals surface area contributed by atoms with Crippen molar-refractivity contribution in [3.63, 3.8) is 0 Å². The number of fused-ring (bicyclic) bond motifs is 1. The summed E-state index contributed by atoms with van der Waals surface area (Å²) in [6, 6.07) is 5.92. The minimum absolute atomic E-state index is 0.124. The van der Waals surface area contributed by atoms with Crippen LogP contribution in [0.25, 0.3) is 0 Å². The Labute approximate surface area is 145 Å². The molecule has 0 radical (unpaired) electrons. The van der Waals surface area contributed by atoms with E-state index in [1.165, 1.54) is 0 Å². The van der Waals surface area contributed by atoms with E-state index in [0.29, 0.717) is 11.1 Å². The van der Waals surface area contributed by atoms with Crippen LogP contribution in [0.3, 0.4) is 0 Å². The predicted octanol–water partition coefficient (Wildman–Crippen LogP) is 2.79. The zero-order chi connectivity index (χ0) is 16.9.